The second-order valence-corrected chi connectivity index (χ2v) is 8.14. The second kappa shape index (κ2) is 7.41. The lowest BCUT2D eigenvalue weighted by Crippen LogP contribution is -2.45. The smallest absolute Gasteiger partial charge is 0.226 e. The summed E-state index contributed by atoms with van der Waals surface area (Å²) >= 11 is 0. The van der Waals surface area contributed by atoms with Gasteiger partial charge in [0, 0.05) is 37.5 Å². The number of piperidine rings is 1. The van der Waals surface area contributed by atoms with E-state index in [4.69, 9.17) is 4.52 Å². The molecule has 142 valence electrons. The van der Waals surface area contributed by atoms with Crippen molar-refractivity contribution in [3.63, 3.8) is 0 Å². The summed E-state index contributed by atoms with van der Waals surface area (Å²) in [6, 6.07) is 1.97. The average molecular weight is 359 g/mol. The highest BCUT2D eigenvalue weighted by Gasteiger charge is 2.38. The molecule has 0 N–H and O–H groups in total. The third-order valence-corrected chi connectivity index (χ3v) is 6.37. The molecule has 3 aliphatic rings. The monoisotopic (exact) mass is 359 g/mol. The van der Waals surface area contributed by atoms with Crippen LogP contribution >= 0.6 is 0 Å². The maximum absolute atomic E-state index is 13.1. The molecule has 3 heterocycles. The topological polar surface area (TPSA) is 66.7 Å². The Labute approximate surface area is 154 Å². The molecule has 1 saturated carbocycles. The summed E-state index contributed by atoms with van der Waals surface area (Å²) in [5, 5.41) is 3.98. The minimum Gasteiger partial charge on any atom is -0.359 e. The zero-order valence-corrected chi connectivity index (χ0v) is 15.7. The Kier molecular flexibility index (Phi) is 5.00. The first-order chi connectivity index (χ1) is 12.6. The molecular weight excluding hydrogens is 330 g/mol. The number of nitrogens with zero attached hydrogens (tertiary/aromatic N) is 3. The zero-order chi connectivity index (χ0) is 18.1. The van der Waals surface area contributed by atoms with Gasteiger partial charge in [-0.1, -0.05) is 18.0 Å². The molecule has 0 bridgehead atoms. The quantitative estimate of drug-likeness (QED) is 0.832. The maximum Gasteiger partial charge on any atom is 0.226 e. The van der Waals surface area contributed by atoms with Crippen molar-refractivity contribution in [2.45, 2.75) is 64.3 Å². The SMILES string of the molecule is Cc1cc([C@H]2CCCN2C(=O)C2CCN(C(=O)C3CCCC3)CC2)on1. The van der Waals surface area contributed by atoms with E-state index in [2.05, 4.69) is 5.16 Å². The Balaban J connectivity index is 1.35. The van der Waals surface area contributed by atoms with Gasteiger partial charge >= 0.3 is 0 Å². The van der Waals surface area contributed by atoms with E-state index in [0.29, 0.717) is 5.91 Å². The molecule has 0 radical (unpaired) electrons. The lowest BCUT2D eigenvalue weighted by molar-refractivity contribution is -0.143. The van der Waals surface area contributed by atoms with Crippen LogP contribution in [0.25, 0.3) is 0 Å². The molecule has 6 heteroatoms. The molecule has 3 fully saturated rings. The summed E-state index contributed by atoms with van der Waals surface area (Å²) in [5.74, 6) is 1.63. The molecular formula is C20H29N3O3. The van der Waals surface area contributed by atoms with Crippen LogP contribution in [-0.2, 0) is 9.59 Å². The fourth-order valence-corrected chi connectivity index (χ4v) is 4.88. The number of carbonyl (C=O) groups is 2. The van der Waals surface area contributed by atoms with Crippen molar-refractivity contribution < 1.29 is 14.1 Å². The first kappa shape index (κ1) is 17.6. The van der Waals surface area contributed by atoms with Crippen molar-refractivity contribution in [1.82, 2.24) is 15.0 Å². The van der Waals surface area contributed by atoms with Crippen LogP contribution in [0, 0.1) is 18.8 Å². The molecule has 1 aromatic heterocycles. The average Bonchev–Trinajstić information content (AvgIpc) is 3.41. The van der Waals surface area contributed by atoms with Crippen molar-refractivity contribution in [3.8, 4) is 0 Å². The first-order valence-electron chi connectivity index (χ1n) is 10.2. The van der Waals surface area contributed by atoms with E-state index in [-0.39, 0.29) is 23.8 Å². The lowest BCUT2D eigenvalue weighted by atomic mass is 9.93. The van der Waals surface area contributed by atoms with E-state index in [0.717, 1.165) is 69.6 Å². The number of carbonyl (C=O) groups excluding carboxylic acids is 2. The van der Waals surface area contributed by atoms with Crippen molar-refractivity contribution in [3.05, 3.63) is 17.5 Å². The summed E-state index contributed by atoms with van der Waals surface area (Å²) in [6.45, 7) is 4.16. The fourth-order valence-electron chi connectivity index (χ4n) is 4.88. The van der Waals surface area contributed by atoms with Crippen LogP contribution in [0.3, 0.4) is 0 Å². The van der Waals surface area contributed by atoms with Crippen LogP contribution in [0.5, 0.6) is 0 Å². The fraction of sp³-hybridized carbons (Fsp3) is 0.750. The third kappa shape index (κ3) is 3.38. The molecule has 4 rings (SSSR count). The molecule has 2 aliphatic heterocycles. The summed E-state index contributed by atoms with van der Waals surface area (Å²) in [5.41, 5.74) is 0.859. The van der Waals surface area contributed by atoms with Gasteiger partial charge < -0.3 is 14.3 Å². The van der Waals surface area contributed by atoms with Gasteiger partial charge in [0.05, 0.1) is 11.7 Å². The van der Waals surface area contributed by atoms with Crippen molar-refractivity contribution in [2.24, 2.45) is 11.8 Å². The number of likely N-dealkylation sites (tertiary alicyclic amines) is 2. The van der Waals surface area contributed by atoms with Gasteiger partial charge in [-0.3, -0.25) is 9.59 Å². The lowest BCUT2D eigenvalue weighted by Gasteiger charge is -2.35. The summed E-state index contributed by atoms with van der Waals surface area (Å²) in [6.07, 6.45) is 7.99. The Bertz CT molecular complexity index is 657. The molecule has 26 heavy (non-hydrogen) atoms. The minimum atomic E-state index is 0.0295. The van der Waals surface area contributed by atoms with Gasteiger partial charge in [-0.25, -0.2) is 0 Å². The number of aryl methyl sites for hydroxylation is 1. The third-order valence-electron chi connectivity index (χ3n) is 6.37. The second-order valence-electron chi connectivity index (χ2n) is 8.14. The Morgan fingerprint density at radius 1 is 0.962 bits per heavy atom. The van der Waals surface area contributed by atoms with Crippen LogP contribution < -0.4 is 0 Å². The molecule has 1 aliphatic carbocycles. The molecule has 2 saturated heterocycles. The van der Waals surface area contributed by atoms with Gasteiger partial charge in [-0.2, -0.15) is 0 Å². The maximum atomic E-state index is 13.1. The summed E-state index contributed by atoms with van der Waals surface area (Å²) in [7, 11) is 0. The number of aromatic nitrogens is 1. The molecule has 0 unspecified atom stereocenters. The number of hydrogen-bond acceptors (Lipinski definition) is 4. The van der Waals surface area contributed by atoms with E-state index in [1.807, 2.05) is 22.8 Å². The van der Waals surface area contributed by atoms with E-state index < -0.39 is 0 Å². The molecule has 2 amide bonds. The van der Waals surface area contributed by atoms with E-state index >= 15 is 0 Å². The largest absolute Gasteiger partial charge is 0.359 e. The zero-order valence-electron chi connectivity index (χ0n) is 15.7. The standard InChI is InChI=1S/C20H29N3O3/c1-14-13-18(26-21-14)17-7-4-10-23(17)20(25)16-8-11-22(12-9-16)19(24)15-5-2-3-6-15/h13,15-17H,2-12H2,1H3/t17-/m1/s1. The minimum absolute atomic E-state index is 0.0295. The van der Waals surface area contributed by atoms with Crippen LogP contribution in [0.4, 0.5) is 0 Å². The van der Waals surface area contributed by atoms with Crippen LogP contribution in [0.2, 0.25) is 0 Å². The Morgan fingerprint density at radius 3 is 2.31 bits per heavy atom. The summed E-state index contributed by atoms with van der Waals surface area (Å²) < 4.78 is 5.42. The van der Waals surface area contributed by atoms with Gasteiger partial charge in [-0.15, -0.1) is 0 Å². The molecule has 0 aromatic carbocycles. The highest BCUT2D eigenvalue weighted by atomic mass is 16.5. The van der Waals surface area contributed by atoms with E-state index in [9.17, 15) is 9.59 Å². The van der Waals surface area contributed by atoms with E-state index in [1.54, 1.807) is 0 Å². The highest BCUT2D eigenvalue weighted by Crippen LogP contribution is 2.35. The number of hydrogen-bond donors (Lipinski definition) is 0. The van der Waals surface area contributed by atoms with Gasteiger partial charge in [0.2, 0.25) is 11.8 Å². The highest BCUT2D eigenvalue weighted by molar-refractivity contribution is 5.81. The molecule has 1 aromatic rings. The Hall–Kier alpha value is -1.85. The Morgan fingerprint density at radius 2 is 1.65 bits per heavy atom. The predicted molar refractivity (Wildman–Crippen MR) is 96.2 cm³/mol. The van der Waals surface area contributed by atoms with Crippen LogP contribution in [0.1, 0.15) is 68.9 Å². The van der Waals surface area contributed by atoms with Crippen molar-refractivity contribution in [1.29, 1.82) is 0 Å². The van der Waals surface area contributed by atoms with Gasteiger partial charge in [0.15, 0.2) is 5.76 Å². The van der Waals surface area contributed by atoms with Gasteiger partial charge in [0.25, 0.3) is 0 Å². The van der Waals surface area contributed by atoms with Crippen molar-refractivity contribution >= 4 is 11.8 Å². The summed E-state index contributed by atoms with van der Waals surface area (Å²) in [4.78, 5) is 29.7. The van der Waals surface area contributed by atoms with Crippen LogP contribution in [-0.4, -0.2) is 46.4 Å². The van der Waals surface area contributed by atoms with E-state index in [1.165, 1.54) is 12.8 Å². The van der Waals surface area contributed by atoms with Crippen molar-refractivity contribution in [2.75, 3.05) is 19.6 Å². The normalized spacial score (nSPS) is 25.2. The molecule has 0 spiro atoms. The molecule has 6 nitrogen and oxygen atoms in total. The number of rotatable bonds is 3. The van der Waals surface area contributed by atoms with Crippen LogP contribution in [0.15, 0.2) is 10.6 Å². The van der Waals surface area contributed by atoms with Gasteiger partial charge in [-0.05, 0) is 45.4 Å². The van der Waals surface area contributed by atoms with Gasteiger partial charge in [0.1, 0.15) is 0 Å². The molecule has 1 atom stereocenters. The first-order valence-corrected chi connectivity index (χ1v) is 10.2. The predicted octanol–water partition coefficient (Wildman–Crippen LogP) is 3.08. The number of amides is 2.